The van der Waals surface area contributed by atoms with Crippen molar-refractivity contribution in [3.8, 4) is 17.0 Å². The summed E-state index contributed by atoms with van der Waals surface area (Å²) in [6, 6.07) is 7.74. The first-order chi connectivity index (χ1) is 17.5. The molecule has 2 aliphatic heterocycles. The first-order valence-electron chi connectivity index (χ1n) is 12.4. The van der Waals surface area contributed by atoms with E-state index >= 15 is 0 Å². The van der Waals surface area contributed by atoms with Gasteiger partial charge in [-0.3, -0.25) is 4.79 Å². The molecule has 198 valence electrons. The van der Waals surface area contributed by atoms with E-state index in [1.165, 1.54) is 18.2 Å². The fraction of sp³-hybridized carbons (Fsp3) is 0.407. The van der Waals surface area contributed by atoms with Gasteiger partial charge < -0.3 is 15.0 Å². The van der Waals surface area contributed by atoms with Crippen LogP contribution >= 0.6 is 0 Å². The molecule has 37 heavy (non-hydrogen) atoms. The van der Waals surface area contributed by atoms with Gasteiger partial charge in [0, 0.05) is 23.7 Å². The Morgan fingerprint density at radius 1 is 1.22 bits per heavy atom. The van der Waals surface area contributed by atoms with Crippen molar-refractivity contribution >= 4 is 21.7 Å². The molecule has 0 saturated carbocycles. The molecule has 0 aliphatic carbocycles. The lowest BCUT2D eigenvalue weighted by molar-refractivity contribution is 0.0981. The Balaban J connectivity index is 1.73. The van der Waals surface area contributed by atoms with Gasteiger partial charge in [-0.1, -0.05) is 13.8 Å². The maximum absolute atomic E-state index is 14.5. The average Bonchev–Trinajstić information content (AvgIpc) is 3.19. The Hall–Kier alpha value is -3.40. The molecule has 3 heterocycles. The molecule has 8 nitrogen and oxygen atoms in total. The lowest BCUT2D eigenvalue weighted by Gasteiger charge is -2.29. The minimum atomic E-state index is -4.05. The average molecular weight is 529 g/mol. The molecule has 1 aromatic heterocycles. The maximum Gasteiger partial charge on any atom is 0.268 e. The molecular weight excluding hydrogens is 495 g/mol. The van der Waals surface area contributed by atoms with E-state index < -0.39 is 21.7 Å². The van der Waals surface area contributed by atoms with E-state index in [4.69, 9.17) is 9.72 Å². The summed E-state index contributed by atoms with van der Waals surface area (Å²) in [6.07, 6.45) is 6.45. The summed E-state index contributed by atoms with van der Waals surface area (Å²) in [5.74, 6) is -0.187. The highest BCUT2D eigenvalue weighted by atomic mass is 32.2. The Morgan fingerprint density at radius 3 is 2.59 bits per heavy atom. The molecular formula is C27H33FN4O4S. The Morgan fingerprint density at radius 2 is 1.95 bits per heavy atom. The number of hydrogen-bond acceptors (Lipinski definition) is 7. The Kier molecular flexibility index (Phi) is 7.87. The van der Waals surface area contributed by atoms with Gasteiger partial charge in [-0.15, -0.1) is 0 Å². The van der Waals surface area contributed by atoms with Gasteiger partial charge in [-0.25, -0.2) is 22.5 Å². The lowest BCUT2D eigenvalue weighted by atomic mass is 10.1. The largest absolute Gasteiger partial charge is 0.493 e. The van der Waals surface area contributed by atoms with Crippen LogP contribution in [0.3, 0.4) is 0 Å². The fourth-order valence-electron chi connectivity index (χ4n) is 4.52. The van der Waals surface area contributed by atoms with Gasteiger partial charge in [0.15, 0.2) is 0 Å². The van der Waals surface area contributed by atoms with Crippen molar-refractivity contribution in [1.29, 1.82) is 0 Å². The minimum absolute atomic E-state index is 0.0612. The molecule has 1 aromatic carbocycles. The summed E-state index contributed by atoms with van der Waals surface area (Å²) in [5.41, 5.74) is 1.10. The molecule has 0 spiro atoms. The number of halogens is 1. The first kappa shape index (κ1) is 26.7. The van der Waals surface area contributed by atoms with Gasteiger partial charge in [0.1, 0.15) is 17.4 Å². The number of aromatic nitrogens is 1. The number of hydrogen-bond donors (Lipinski definition) is 2. The van der Waals surface area contributed by atoms with Crippen molar-refractivity contribution < 1.29 is 22.3 Å². The molecule has 1 fully saturated rings. The number of anilines is 1. The van der Waals surface area contributed by atoms with Crippen molar-refractivity contribution in [3.05, 3.63) is 65.0 Å². The van der Waals surface area contributed by atoms with Crippen LogP contribution in [0.5, 0.6) is 5.75 Å². The van der Waals surface area contributed by atoms with Crippen LogP contribution < -0.4 is 19.7 Å². The second-order valence-corrected chi connectivity index (χ2v) is 11.7. The second-order valence-electron chi connectivity index (χ2n) is 9.94. The number of benzene rings is 1. The molecule has 2 aliphatic rings. The zero-order valence-corrected chi connectivity index (χ0v) is 22.3. The Bertz CT molecular complexity index is 1330. The third-order valence-corrected chi connectivity index (χ3v) is 7.84. The maximum atomic E-state index is 14.5. The topological polar surface area (TPSA) is 101 Å². The van der Waals surface area contributed by atoms with Gasteiger partial charge in [0.25, 0.3) is 15.9 Å². The molecule has 10 heteroatoms. The highest BCUT2D eigenvalue weighted by Crippen LogP contribution is 2.34. The van der Waals surface area contributed by atoms with Crippen LogP contribution in [0.1, 0.15) is 50.9 Å². The van der Waals surface area contributed by atoms with Crippen LogP contribution in [0.4, 0.5) is 10.2 Å². The number of carbonyl (C=O) groups excluding carboxylic acids is 1. The van der Waals surface area contributed by atoms with E-state index in [1.54, 1.807) is 30.5 Å². The van der Waals surface area contributed by atoms with Crippen molar-refractivity contribution in [2.24, 2.45) is 5.92 Å². The number of carbonyl (C=O) groups is 1. The normalized spacial score (nSPS) is 19.5. The number of nitrogens with zero attached hydrogens (tertiary/aromatic N) is 2. The summed E-state index contributed by atoms with van der Waals surface area (Å²) in [7, 11) is -4.05. The van der Waals surface area contributed by atoms with E-state index in [0.717, 1.165) is 12.8 Å². The zero-order chi connectivity index (χ0) is 26.7. The lowest BCUT2D eigenvalue weighted by Crippen LogP contribution is -2.38. The highest BCUT2D eigenvalue weighted by Gasteiger charge is 2.33. The molecule has 0 bridgehead atoms. The third kappa shape index (κ3) is 6.12. The summed E-state index contributed by atoms with van der Waals surface area (Å²) >= 11 is 0. The van der Waals surface area contributed by atoms with Crippen molar-refractivity contribution in [2.75, 3.05) is 18.1 Å². The Labute approximate surface area is 217 Å². The predicted octanol–water partition coefficient (Wildman–Crippen LogP) is 4.36. The van der Waals surface area contributed by atoms with Gasteiger partial charge >= 0.3 is 0 Å². The summed E-state index contributed by atoms with van der Waals surface area (Å²) in [6.45, 7) is 8.63. The summed E-state index contributed by atoms with van der Waals surface area (Å²) < 4.78 is 48.1. The monoisotopic (exact) mass is 528 g/mol. The molecule has 2 N–H and O–H groups in total. The van der Waals surface area contributed by atoms with Crippen molar-refractivity contribution in [3.63, 3.8) is 0 Å². The smallest absolute Gasteiger partial charge is 0.268 e. The molecule has 1 amide bonds. The van der Waals surface area contributed by atoms with E-state index in [1.807, 2.05) is 32.6 Å². The van der Waals surface area contributed by atoms with E-state index in [-0.39, 0.29) is 35.0 Å². The standard InChI is InChI=1S/C27H33FN4O4S/c1-17(2)16-36-22-13-20(12-21(28)14-22)25-10-9-24(26(30-25)32-18(3)7-8-19(32)4)27(33)31-37(34,35)23-6-5-11-29-15-23/h5-6,9-14,17-19,29H,7-8,15-16H2,1-4H3,(H,31,33). The van der Waals surface area contributed by atoms with Gasteiger partial charge in [-0.2, -0.15) is 0 Å². The quantitative estimate of drug-likeness (QED) is 0.525. The van der Waals surface area contributed by atoms with Crippen LogP contribution in [0.15, 0.2) is 53.6 Å². The number of ether oxygens (including phenoxy) is 1. The van der Waals surface area contributed by atoms with Gasteiger partial charge in [0.05, 0.1) is 29.3 Å². The van der Waals surface area contributed by atoms with E-state index in [9.17, 15) is 17.6 Å². The van der Waals surface area contributed by atoms with E-state index in [0.29, 0.717) is 29.4 Å². The number of amides is 1. The third-order valence-electron chi connectivity index (χ3n) is 6.41. The number of rotatable bonds is 8. The van der Waals surface area contributed by atoms with Gasteiger partial charge in [0.2, 0.25) is 0 Å². The highest BCUT2D eigenvalue weighted by molar-refractivity contribution is 7.94. The molecule has 2 aromatic rings. The number of nitrogens with one attached hydrogen (secondary N) is 2. The van der Waals surface area contributed by atoms with Crippen LogP contribution in [-0.4, -0.2) is 44.5 Å². The molecule has 1 saturated heterocycles. The number of sulfonamides is 1. The number of pyridine rings is 1. The van der Waals surface area contributed by atoms with Gasteiger partial charge in [-0.05, 0) is 75.2 Å². The molecule has 2 unspecified atom stereocenters. The van der Waals surface area contributed by atoms with Crippen LogP contribution in [0, 0.1) is 11.7 Å². The SMILES string of the molecule is CC(C)COc1cc(F)cc(-c2ccc(C(=O)NS(=O)(=O)C3=CC=CNC3)c(N3C(C)CCC3C)n2)c1. The van der Waals surface area contributed by atoms with Crippen LogP contribution in [-0.2, 0) is 10.0 Å². The van der Waals surface area contributed by atoms with Crippen LogP contribution in [0.2, 0.25) is 0 Å². The summed E-state index contributed by atoms with van der Waals surface area (Å²) in [5, 5.41) is 2.83. The van der Waals surface area contributed by atoms with Crippen LogP contribution in [0.25, 0.3) is 11.3 Å². The summed E-state index contributed by atoms with van der Waals surface area (Å²) in [4.78, 5) is 20.2. The van der Waals surface area contributed by atoms with Crippen molar-refractivity contribution in [2.45, 2.75) is 52.6 Å². The zero-order valence-electron chi connectivity index (χ0n) is 21.5. The molecule has 0 radical (unpaired) electrons. The second kappa shape index (κ2) is 10.9. The number of dihydropyridines is 1. The number of allylic oxidation sites excluding steroid dienone is 2. The van der Waals surface area contributed by atoms with Crippen molar-refractivity contribution in [1.82, 2.24) is 15.0 Å². The minimum Gasteiger partial charge on any atom is -0.493 e. The first-order valence-corrected chi connectivity index (χ1v) is 13.9. The molecule has 2 atom stereocenters. The fourth-order valence-corrected chi connectivity index (χ4v) is 5.54. The van der Waals surface area contributed by atoms with E-state index in [2.05, 4.69) is 10.0 Å². The molecule has 4 rings (SSSR count). The predicted molar refractivity (Wildman–Crippen MR) is 142 cm³/mol.